The Morgan fingerprint density at radius 3 is 2.43 bits per heavy atom. The second kappa shape index (κ2) is 8.57. The highest BCUT2D eigenvalue weighted by Gasteiger charge is 2.22. The summed E-state index contributed by atoms with van der Waals surface area (Å²) in [5.41, 5.74) is 4.96. The Hall–Kier alpha value is -2.72. The van der Waals surface area contributed by atoms with Gasteiger partial charge in [0.1, 0.15) is 0 Å². The van der Waals surface area contributed by atoms with Crippen LogP contribution < -0.4 is 0 Å². The summed E-state index contributed by atoms with van der Waals surface area (Å²) >= 11 is 0. The fraction of sp³-hybridized carbons (Fsp3) is 0.385. The van der Waals surface area contributed by atoms with E-state index in [4.69, 9.17) is 9.72 Å². The number of rotatable bonds is 3. The molecule has 1 aromatic heterocycles. The van der Waals surface area contributed by atoms with Crippen molar-refractivity contribution < 1.29 is 9.53 Å². The maximum Gasteiger partial charge on any atom is 0.254 e. The molecule has 1 amide bonds. The molecule has 1 saturated heterocycles. The van der Waals surface area contributed by atoms with E-state index in [0.717, 1.165) is 27.7 Å². The van der Waals surface area contributed by atoms with Crippen LogP contribution in [0.5, 0.6) is 0 Å². The van der Waals surface area contributed by atoms with Crippen LogP contribution >= 0.6 is 0 Å². The first-order chi connectivity index (χ1) is 14.8. The smallest absolute Gasteiger partial charge is 0.254 e. The van der Waals surface area contributed by atoms with Crippen LogP contribution in [0, 0.1) is 0 Å². The second-order valence-electron chi connectivity index (χ2n) is 8.43. The highest BCUT2D eigenvalue weighted by molar-refractivity contribution is 6.07. The molecule has 0 atom stereocenters. The first kappa shape index (κ1) is 19.3. The highest BCUT2D eigenvalue weighted by Crippen LogP contribution is 2.34. The molecule has 4 nitrogen and oxygen atoms in total. The number of benzene rings is 2. The average Bonchev–Trinajstić information content (AvgIpc) is 2.84. The van der Waals surface area contributed by atoms with Crippen molar-refractivity contribution in [1.82, 2.24) is 9.88 Å². The minimum atomic E-state index is 0.0666. The van der Waals surface area contributed by atoms with Crippen molar-refractivity contribution in [2.24, 2.45) is 0 Å². The zero-order chi connectivity index (χ0) is 20.3. The van der Waals surface area contributed by atoms with Gasteiger partial charge < -0.3 is 9.64 Å². The van der Waals surface area contributed by atoms with Crippen LogP contribution in [0.2, 0.25) is 0 Å². The fourth-order valence-electron chi connectivity index (χ4n) is 4.80. The summed E-state index contributed by atoms with van der Waals surface area (Å²) in [6.07, 6.45) is 6.64. The lowest BCUT2D eigenvalue weighted by molar-refractivity contribution is 0.0304. The van der Waals surface area contributed by atoms with E-state index >= 15 is 0 Å². The minimum absolute atomic E-state index is 0.0666. The average molecular weight is 401 g/mol. The number of nitrogens with zero attached hydrogens (tertiary/aromatic N) is 2. The molecule has 154 valence electrons. The summed E-state index contributed by atoms with van der Waals surface area (Å²) in [4.78, 5) is 20.1. The van der Waals surface area contributed by atoms with E-state index in [0.29, 0.717) is 32.2 Å². The number of fused-ring (bicyclic) bond motifs is 1. The van der Waals surface area contributed by atoms with Crippen molar-refractivity contribution in [3.8, 4) is 11.3 Å². The van der Waals surface area contributed by atoms with E-state index < -0.39 is 0 Å². The lowest BCUT2D eigenvalue weighted by Gasteiger charge is -2.27. The first-order valence-electron chi connectivity index (χ1n) is 11.2. The molecule has 0 bridgehead atoms. The molecule has 0 spiro atoms. The van der Waals surface area contributed by atoms with Crippen LogP contribution in [-0.2, 0) is 4.74 Å². The Morgan fingerprint density at radius 2 is 1.67 bits per heavy atom. The maximum absolute atomic E-state index is 13.3. The molecule has 5 rings (SSSR count). The summed E-state index contributed by atoms with van der Waals surface area (Å²) < 4.78 is 5.42. The van der Waals surface area contributed by atoms with Crippen molar-refractivity contribution in [1.29, 1.82) is 0 Å². The normalized spacial score (nSPS) is 17.9. The molecule has 3 aromatic rings. The van der Waals surface area contributed by atoms with Crippen LogP contribution in [0.3, 0.4) is 0 Å². The number of aromatic nitrogens is 1. The van der Waals surface area contributed by atoms with E-state index in [1.807, 2.05) is 35.2 Å². The van der Waals surface area contributed by atoms with Gasteiger partial charge in [-0.1, -0.05) is 61.7 Å². The van der Waals surface area contributed by atoms with Gasteiger partial charge in [-0.15, -0.1) is 0 Å². The van der Waals surface area contributed by atoms with Crippen LogP contribution in [0.1, 0.15) is 53.9 Å². The van der Waals surface area contributed by atoms with Crippen LogP contribution in [-0.4, -0.2) is 42.1 Å². The van der Waals surface area contributed by atoms with Crippen LogP contribution in [0.25, 0.3) is 22.2 Å². The van der Waals surface area contributed by atoms with Gasteiger partial charge in [-0.2, -0.15) is 0 Å². The molecule has 2 heterocycles. The number of amides is 1. The summed E-state index contributed by atoms with van der Waals surface area (Å²) in [7, 11) is 0. The number of carbonyl (C=O) groups is 1. The zero-order valence-electron chi connectivity index (χ0n) is 17.3. The molecule has 0 N–H and O–H groups in total. The molecule has 2 aromatic carbocycles. The quantitative estimate of drug-likeness (QED) is 0.589. The lowest BCUT2D eigenvalue weighted by Crippen LogP contribution is -2.40. The largest absolute Gasteiger partial charge is 0.378 e. The molecule has 4 heteroatoms. The Bertz CT molecular complexity index is 1030. The molecule has 1 aliphatic carbocycles. The maximum atomic E-state index is 13.3. The number of hydrogen-bond acceptors (Lipinski definition) is 3. The topological polar surface area (TPSA) is 42.4 Å². The van der Waals surface area contributed by atoms with Crippen molar-refractivity contribution in [3.63, 3.8) is 0 Å². The number of carbonyl (C=O) groups excluding carboxylic acids is 1. The van der Waals surface area contributed by atoms with Crippen LogP contribution in [0.4, 0.5) is 0 Å². The molecule has 0 unspecified atom stereocenters. The molecule has 1 aliphatic heterocycles. The third-order valence-electron chi connectivity index (χ3n) is 6.53. The Kier molecular flexibility index (Phi) is 5.50. The monoisotopic (exact) mass is 400 g/mol. The number of ether oxygens (including phenoxy) is 1. The summed E-state index contributed by atoms with van der Waals surface area (Å²) in [5.74, 6) is 0.757. The summed E-state index contributed by atoms with van der Waals surface area (Å²) in [6.45, 7) is 2.48. The predicted octanol–water partition coefficient (Wildman–Crippen LogP) is 5.42. The SMILES string of the molecule is O=C(c1cc(-c2ccc(C3CCCCC3)cc2)nc2ccccc12)N1CCOCC1. The van der Waals surface area contributed by atoms with Gasteiger partial charge in [0.2, 0.25) is 0 Å². The van der Waals surface area contributed by atoms with Crippen molar-refractivity contribution in [2.75, 3.05) is 26.3 Å². The number of pyridine rings is 1. The third kappa shape index (κ3) is 3.84. The van der Waals surface area contributed by atoms with Gasteiger partial charge in [-0.05, 0) is 36.5 Å². The summed E-state index contributed by atoms with van der Waals surface area (Å²) in [6, 6.07) is 18.8. The highest BCUT2D eigenvalue weighted by atomic mass is 16.5. The lowest BCUT2D eigenvalue weighted by atomic mass is 9.84. The van der Waals surface area contributed by atoms with Gasteiger partial charge in [0.05, 0.1) is 30.0 Å². The summed E-state index contributed by atoms with van der Waals surface area (Å²) in [5, 5.41) is 0.913. The number of para-hydroxylation sites is 1. The van der Waals surface area contributed by atoms with E-state index in [9.17, 15) is 4.79 Å². The molecule has 0 radical (unpaired) electrons. The molecular formula is C26H28N2O2. The van der Waals surface area contributed by atoms with E-state index in [-0.39, 0.29) is 5.91 Å². The number of morpholine rings is 1. The predicted molar refractivity (Wildman–Crippen MR) is 120 cm³/mol. The van der Waals surface area contributed by atoms with E-state index in [1.165, 1.54) is 37.7 Å². The van der Waals surface area contributed by atoms with Crippen molar-refractivity contribution in [3.05, 3.63) is 65.7 Å². The molecule has 2 aliphatic rings. The van der Waals surface area contributed by atoms with Crippen molar-refractivity contribution in [2.45, 2.75) is 38.0 Å². The van der Waals surface area contributed by atoms with Crippen LogP contribution in [0.15, 0.2) is 54.6 Å². The minimum Gasteiger partial charge on any atom is -0.378 e. The zero-order valence-corrected chi connectivity index (χ0v) is 17.3. The first-order valence-corrected chi connectivity index (χ1v) is 11.2. The second-order valence-corrected chi connectivity index (χ2v) is 8.43. The standard InChI is InChI=1S/C26H28N2O2/c29-26(28-14-16-30-17-15-28)23-18-25(27-24-9-5-4-8-22(23)24)21-12-10-20(11-13-21)19-6-2-1-3-7-19/h4-5,8-13,18-19H,1-3,6-7,14-17H2. The van der Waals surface area contributed by atoms with E-state index in [2.05, 4.69) is 24.3 Å². The molecule has 2 fully saturated rings. The van der Waals surface area contributed by atoms with Crippen molar-refractivity contribution >= 4 is 16.8 Å². The molecule has 1 saturated carbocycles. The number of hydrogen-bond donors (Lipinski definition) is 0. The van der Waals surface area contributed by atoms with E-state index in [1.54, 1.807) is 0 Å². The van der Waals surface area contributed by atoms with Gasteiger partial charge in [0.25, 0.3) is 5.91 Å². The Balaban J connectivity index is 1.50. The Morgan fingerprint density at radius 1 is 0.933 bits per heavy atom. The van der Waals surface area contributed by atoms with Gasteiger partial charge in [-0.3, -0.25) is 4.79 Å². The van der Waals surface area contributed by atoms with Gasteiger partial charge in [-0.25, -0.2) is 4.98 Å². The molecular weight excluding hydrogens is 372 g/mol. The van der Waals surface area contributed by atoms with Gasteiger partial charge in [0, 0.05) is 24.0 Å². The molecule has 30 heavy (non-hydrogen) atoms. The fourth-order valence-corrected chi connectivity index (χ4v) is 4.80. The van der Waals surface area contributed by atoms with Gasteiger partial charge in [0.15, 0.2) is 0 Å². The Labute approximate surface area is 177 Å². The van der Waals surface area contributed by atoms with Gasteiger partial charge >= 0.3 is 0 Å². The third-order valence-corrected chi connectivity index (χ3v) is 6.53.